The summed E-state index contributed by atoms with van der Waals surface area (Å²) < 4.78 is 5.54. The van der Waals surface area contributed by atoms with Crippen LogP contribution in [0, 0.1) is 5.92 Å². The molecule has 19 heavy (non-hydrogen) atoms. The van der Waals surface area contributed by atoms with Gasteiger partial charge >= 0.3 is 0 Å². The van der Waals surface area contributed by atoms with Crippen molar-refractivity contribution >= 4 is 0 Å². The fourth-order valence-electron chi connectivity index (χ4n) is 3.36. The monoisotopic (exact) mass is 259 g/mol. The van der Waals surface area contributed by atoms with Crippen molar-refractivity contribution in [1.82, 2.24) is 5.32 Å². The van der Waals surface area contributed by atoms with Crippen molar-refractivity contribution in [2.24, 2.45) is 5.92 Å². The molecule has 2 nitrogen and oxygen atoms in total. The van der Waals surface area contributed by atoms with E-state index in [4.69, 9.17) is 4.74 Å². The number of benzene rings is 1. The molecule has 1 aromatic carbocycles. The molecular weight excluding hydrogens is 234 g/mol. The van der Waals surface area contributed by atoms with Crippen LogP contribution in [0.5, 0.6) is 5.75 Å². The minimum Gasteiger partial charge on any atom is -0.493 e. The van der Waals surface area contributed by atoms with Crippen LogP contribution < -0.4 is 10.1 Å². The van der Waals surface area contributed by atoms with Crippen LogP contribution in [0.1, 0.15) is 43.2 Å². The molecule has 1 N–H and O–H groups in total. The van der Waals surface area contributed by atoms with Crippen molar-refractivity contribution in [2.75, 3.05) is 19.7 Å². The quantitative estimate of drug-likeness (QED) is 0.791. The van der Waals surface area contributed by atoms with Crippen LogP contribution in [0.3, 0.4) is 0 Å². The maximum absolute atomic E-state index is 5.54. The molecule has 1 aromatic rings. The number of rotatable bonds is 6. The van der Waals surface area contributed by atoms with E-state index in [0.717, 1.165) is 37.7 Å². The molecule has 0 bridgehead atoms. The van der Waals surface area contributed by atoms with Crippen molar-refractivity contribution in [3.63, 3.8) is 0 Å². The van der Waals surface area contributed by atoms with Gasteiger partial charge in [-0.25, -0.2) is 0 Å². The standard InChI is InChI=1S/C17H25NO/c1-2-4-14(3-1)7-10-18-11-8-15-5-6-17-16(13-15)9-12-19-17/h5-6,13-14,18H,1-4,7-12H2. The third kappa shape index (κ3) is 3.50. The molecule has 0 saturated heterocycles. The summed E-state index contributed by atoms with van der Waals surface area (Å²) in [7, 11) is 0. The van der Waals surface area contributed by atoms with Gasteiger partial charge < -0.3 is 10.1 Å². The minimum atomic E-state index is 0.860. The van der Waals surface area contributed by atoms with Crippen LogP contribution in [-0.2, 0) is 12.8 Å². The van der Waals surface area contributed by atoms with Gasteiger partial charge in [0.15, 0.2) is 0 Å². The van der Waals surface area contributed by atoms with E-state index in [2.05, 4.69) is 23.5 Å². The molecule has 0 radical (unpaired) electrons. The van der Waals surface area contributed by atoms with Gasteiger partial charge in [0.2, 0.25) is 0 Å². The van der Waals surface area contributed by atoms with E-state index >= 15 is 0 Å². The first-order valence-corrected chi connectivity index (χ1v) is 7.87. The first-order valence-electron chi connectivity index (χ1n) is 7.87. The molecule has 104 valence electrons. The molecule has 2 heteroatoms. The molecule has 0 amide bonds. The summed E-state index contributed by atoms with van der Waals surface area (Å²) in [5, 5.41) is 3.60. The highest BCUT2D eigenvalue weighted by molar-refractivity contribution is 5.39. The Labute approximate surface area is 116 Å². The van der Waals surface area contributed by atoms with Gasteiger partial charge in [-0.1, -0.05) is 37.8 Å². The maximum Gasteiger partial charge on any atom is 0.122 e. The molecule has 3 rings (SSSR count). The highest BCUT2D eigenvalue weighted by atomic mass is 16.5. The van der Waals surface area contributed by atoms with Crippen LogP contribution >= 0.6 is 0 Å². The molecule has 0 spiro atoms. The minimum absolute atomic E-state index is 0.860. The summed E-state index contributed by atoms with van der Waals surface area (Å²) in [6.45, 7) is 3.16. The summed E-state index contributed by atoms with van der Waals surface area (Å²) in [6.07, 6.45) is 9.44. The number of nitrogens with one attached hydrogen (secondary N) is 1. The Hall–Kier alpha value is -1.02. The van der Waals surface area contributed by atoms with Gasteiger partial charge in [0.05, 0.1) is 6.61 Å². The lowest BCUT2D eigenvalue weighted by Crippen LogP contribution is -2.20. The summed E-state index contributed by atoms with van der Waals surface area (Å²) >= 11 is 0. The molecule has 2 aliphatic rings. The molecule has 1 heterocycles. The third-order valence-electron chi connectivity index (χ3n) is 4.55. The second-order valence-electron chi connectivity index (χ2n) is 5.98. The Morgan fingerprint density at radius 2 is 2.05 bits per heavy atom. The highest BCUT2D eigenvalue weighted by Crippen LogP contribution is 2.27. The molecule has 0 unspecified atom stereocenters. The van der Waals surface area contributed by atoms with Crippen LogP contribution in [0.2, 0.25) is 0 Å². The summed E-state index contributed by atoms with van der Waals surface area (Å²) in [5.74, 6) is 2.10. The summed E-state index contributed by atoms with van der Waals surface area (Å²) in [6, 6.07) is 6.67. The van der Waals surface area contributed by atoms with E-state index in [1.165, 1.54) is 49.8 Å². The number of hydrogen-bond acceptors (Lipinski definition) is 2. The predicted octanol–water partition coefficient (Wildman–Crippen LogP) is 3.33. The van der Waals surface area contributed by atoms with Gasteiger partial charge in [0.25, 0.3) is 0 Å². The van der Waals surface area contributed by atoms with Crippen LogP contribution in [0.25, 0.3) is 0 Å². The number of ether oxygens (including phenoxy) is 1. The average Bonchev–Trinajstić information content (AvgIpc) is 3.08. The fraction of sp³-hybridized carbons (Fsp3) is 0.647. The largest absolute Gasteiger partial charge is 0.493 e. The summed E-state index contributed by atoms with van der Waals surface area (Å²) in [5.41, 5.74) is 2.83. The van der Waals surface area contributed by atoms with Gasteiger partial charge in [-0.3, -0.25) is 0 Å². The molecule has 1 aliphatic heterocycles. The van der Waals surface area contributed by atoms with Crippen LogP contribution in [0.15, 0.2) is 18.2 Å². The maximum atomic E-state index is 5.54. The molecule has 1 saturated carbocycles. The number of fused-ring (bicyclic) bond motifs is 1. The smallest absolute Gasteiger partial charge is 0.122 e. The zero-order valence-electron chi connectivity index (χ0n) is 11.8. The first-order chi connectivity index (χ1) is 9.42. The van der Waals surface area contributed by atoms with Gasteiger partial charge in [0, 0.05) is 6.42 Å². The molecular formula is C17H25NO. The van der Waals surface area contributed by atoms with Crippen molar-refractivity contribution < 1.29 is 4.74 Å². The van der Waals surface area contributed by atoms with E-state index in [1.54, 1.807) is 0 Å². The molecule has 0 aromatic heterocycles. The lowest BCUT2D eigenvalue weighted by molar-refractivity contribution is 0.357. The van der Waals surface area contributed by atoms with E-state index in [0.29, 0.717) is 0 Å². The van der Waals surface area contributed by atoms with Crippen molar-refractivity contribution in [3.8, 4) is 5.75 Å². The lowest BCUT2D eigenvalue weighted by atomic mass is 10.0. The van der Waals surface area contributed by atoms with Crippen molar-refractivity contribution in [2.45, 2.75) is 44.9 Å². The Kier molecular flexibility index (Phi) is 4.39. The third-order valence-corrected chi connectivity index (χ3v) is 4.55. The number of hydrogen-bond donors (Lipinski definition) is 1. The van der Waals surface area contributed by atoms with Crippen LogP contribution in [0.4, 0.5) is 0 Å². The second-order valence-corrected chi connectivity index (χ2v) is 5.98. The zero-order valence-corrected chi connectivity index (χ0v) is 11.8. The Bertz CT molecular complexity index is 410. The van der Waals surface area contributed by atoms with Gasteiger partial charge in [-0.2, -0.15) is 0 Å². The van der Waals surface area contributed by atoms with Crippen molar-refractivity contribution in [3.05, 3.63) is 29.3 Å². The Morgan fingerprint density at radius 3 is 2.95 bits per heavy atom. The summed E-state index contributed by atoms with van der Waals surface area (Å²) in [4.78, 5) is 0. The molecule has 1 aliphatic carbocycles. The normalized spacial score (nSPS) is 18.5. The Morgan fingerprint density at radius 1 is 1.16 bits per heavy atom. The first kappa shape index (κ1) is 13.0. The average molecular weight is 259 g/mol. The van der Waals surface area contributed by atoms with E-state index in [1.807, 2.05) is 0 Å². The fourth-order valence-corrected chi connectivity index (χ4v) is 3.36. The van der Waals surface area contributed by atoms with Gasteiger partial charge in [0.1, 0.15) is 5.75 Å². The van der Waals surface area contributed by atoms with Crippen LogP contribution in [-0.4, -0.2) is 19.7 Å². The van der Waals surface area contributed by atoms with Gasteiger partial charge in [-0.05, 0) is 49.0 Å². The second kappa shape index (κ2) is 6.42. The molecule has 1 fully saturated rings. The topological polar surface area (TPSA) is 21.3 Å². The van der Waals surface area contributed by atoms with E-state index < -0.39 is 0 Å². The zero-order chi connectivity index (χ0) is 12.9. The molecule has 0 atom stereocenters. The Balaban J connectivity index is 1.35. The van der Waals surface area contributed by atoms with E-state index in [-0.39, 0.29) is 0 Å². The van der Waals surface area contributed by atoms with E-state index in [9.17, 15) is 0 Å². The predicted molar refractivity (Wildman–Crippen MR) is 78.8 cm³/mol. The lowest BCUT2D eigenvalue weighted by Gasteiger charge is -2.10. The SMILES string of the molecule is c1cc2c(cc1CCNCCC1CCCC1)CCO2. The van der Waals surface area contributed by atoms with Gasteiger partial charge in [-0.15, -0.1) is 0 Å². The van der Waals surface area contributed by atoms with Crippen molar-refractivity contribution in [1.29, 1.82) is 0 Å². The highest BCUT2D eigenvalue weighted by Gasteiger charge is 2.14.